The molecule has 3 rings (SSSR count). The maximum absolute atomic E-state index is 12.9. The first-order chi connectivity index (χ1) is 13.6. The summed E-state index contributed by atoms with van der Waals surface area (Å²) < 4.78 is 0. The van der Waals surface area contributed by atoms with E-state index in [1.807, 2.05) is 43.3 Å². The van der Waals surface area contributed by atoms with Crippen molar-refractivity contribution in [2.45, 2.75) is 26.3 Å². The molecule has 142 valence electrons. The number of hydrogen-bond acceptors (Lipinski definition) is 3. The Balaban J connectivity index is 1.86. The van der Waals surface area contributed by atoms with Crippen molar-refractivity contribution in [3.63, 3.8) is 0 Å². The van der Waals surface area contributed by atoms with Gasteiger partial charge in [-0.1, -0.05) is 42.8 Å². The van der Waals surface area contributed by atoms with Crippen molar-refractivity contribution in [3.8, 4) is 0 Å². The van der Waals surface area contributed by atoms with Gasteiger partial charge in [0.1, 0.15) is 0 Å². The highest BCUT2D eigenvalue weighted by Gasteiger charge is 2.18. The van der Waals surface area contributed by atoms with Gasteiger partial charge in [-0.15, -0.1) is 0 Å². The molecule has 2 amide bonds. The summed E-state index contributed by atoms with van der Waals surface area (Å²) in [5.41, 5.74) is 4.18. The zero-order valence-corrected chi connectivity index (χ0v) is 16.0. The highest BCUT2D eigenvalue weighted by Crippen LogP contribution is 2.23. The van der Waals surface area contributed by atoms with E-state index < -0.39 is 0 Å². The molecule has 0 spiro atoms. The van der Waals surface area contributed by atoms with Crippen molar-refractivity contribution in [1.82, 2.24) is 10.3 Å². The summed E-state index contributed by atoms with van der Waals surface area (Å²) >= 11 is 0. The van der Waals surface area contributed by atoms with Gasteiger partial charge in [-0.2, -0.15) is 0 Å². The van der Waals surface area contributed by atoms with E-state index in [0.29, 0.717) is 17.7 Å². The second-order valence-corrected chi connectivity index (χ2v) is 6.58. The molecule has 3 aromatic rings. The summed E-state index contributed by atoms with van der Waals surface area (Å²) in [7, 11) is 0. The Hall–Kier alpha value is -3.47. The topological polar surface area (TPSA) is 71.1 Å². The van der Waals surface area contributed by atoms with Gasteiger partial charge in [0, 0.05) is 30.1 Å². The number of amides is 2. The van der Waals surface area contributed by atoms with Gasteiger partial charge >= 0.3 is 0 Å². The molecule has 0 fully saturated rings. The lowest BCUT2D eigenvalue weighted by molar-refractivity contribution is -0.115. The fourth-order valence-corrected chi connectivity index (χ4v) is 2.88. The third-order valence-electron chi connectivity index (χ3n) is 4.46. The van der Waals surface area contributed by atoms with Gasteiger partial charge in [-0.05, 0) is 48.4 Å². The van der Waals surface area contributed by atoms with Crippen LogP contribution in [0.5, 0.6) is 0 Å². The van der Waals surface area contributed by atoms with E-state index in [-0.39, 0.29) is 17.9 Å². The Morgan fingerprint density at radius 2 is 1.64 bits per heavy atom. The molecule has 0 saturated carbocycles. The zero-order chi connectivity index (χ0) is 19.9. The summed E-state index contributed by atoms with van der Waals surface area (Å²) in [5, 5.41) is 5.88. The zero-order valence-electron chi connectivity index (χ0n) is 16.0. The molecule has 2 aromatic carbocycles. The summed E-state index contributed by atoms with van der Waals surface area (Å²) in [4.78, 5) is 28.6. The largest absolute Gasteiger partial charge is 0.341 e. The first-order valence-electron chi connectivity index (χ1n) is 9.24. The highest BCUT2D eigenvalue weighted by atomic mass is 16.2. The fraction of sp³-hybridized carbons (Fsp3) is 0.174. The quantitative estimate of drug-likeness (QED) is 0.678. The molecule has 0 bridgehead atoms. The summed E-state index contributed by atoms with van der Waals surface area (Å²) in [6, 6.07) is 18.5. The minimum absolute atomic E-state index is 0.0909. The molecule has 1 heterocycles. The Bertz CT molecular complexity index is 953. The lowest BCUT2D eigenvalue weighted by atomic mass is 9.98. The van der Waals surface area contributed by atoms with E-state index in [9.17, 15) is 9.59 Å². The number of hydrogen-bond donors (Lipinski definition) is 2. The van der Waals surface area contributed by atoms with Crippen molar-refractivity contribution < 1.29 is 9.59 Å². The number of carbonyl (C=O) groups excluding carboxylic acids is 2. The monoisotopic (exact) mass is 373 g/mol. The average Bonchev–Trinajstić information content (AvgIpc) is 2.73. The summed E-state index contributed by atoms with van der Waals surface area (Å²) in [5.74, 6) is -0.304. The van der Waals surface area contributed by atoms with Crippen LogP contribution >= 0.6 is 0 Å². The van der Waals surface area contributed by atoms with E-state index in [0.717, 1.165) is 16.7 Å². The molecular weight excluding hydrogens is 350 g/mol. The van der Waals surface area contributed by atoms with Gasteiger partial charge in [0.25, 0.3) is 5.91 Å². The molecule has 5 nitrogen and oxygen atoms in total. The molecule has 0 aliphatic rings. The molecule has 28 heavy (non-hydrogen) atoms. The lowest BCUT2D eigenvalue weighted by Crippen LogP contribution is -2.29. The molecular formula is C23H23N3O2. The van der Waals surface area contributed by atoms with Crippen molar-refractivity contribution >= 4 is 17.5 Å². The number of pyridine rings is 1. The van der Waals surface area contributed by atoms with Crippen LogP contribution in [0, 0.1) is 6.92 Å². The van der Waals surface area contributed by atoms with Gasteiger partial charge in [-0.25, -0.2) is 0 Å². The SMILES string of the molecule is CCC(=O)Nc1cccc(C(=O)NC(c2ccncc2)c2ccc(C)cc2)c1. The van der Waals surface area contributed by atoms with E-state index in [1.54, 1.807) is 43.6 Å². The van der Waals surface area contributed by atoms with Crippen molar-refractivity contribution in [2.75, 3.05) is 5.32 Å². The number of nitrogens with zero attached hydrogens (tertiary/aromatic N) is 1. The van der Waals surface area contributed by atoms with Crippen LogP contribution in [0.1, 0.15) is 46.4 Å². The van der Waals surface area contributed by atoms with Gasteiger partial charge in [0.05, 0.1) is 6.04 Å². The molecule has 0 radical (unpaired) electrons. The minimum atomic E-state index is -0.301. The second kappa shape index (κ2) is 8.95. The number of benzene rings is 2. The Morgan fingerprint density at radius 3 is 2.32 bits per heavy atom. The van der Waals surface area contributed by atoms with E-state index >= 15 is 0 Å². The normalized spacial score (nSPS) is 11.5. The smallest absolute Gasteiger partial charge is 0.252 e. The molecule has 0 saturated heterocycles. The average molecular weight is 373 g/mol. The third-order valence-corrected chi connectivity index (χ3v) is 4.46. The van der Waals surface area contributed by atoms with Crippen LogP contribution in [0.4, 0.5) is 5.69 Å². The van der Waals surface area contributed by atoms with Crippen LogP contribution in [0.15, 0.2) is 73.1 Å². The maximum atomic E-state index is 12.9. The summed E-state index contributed by atoms with van der Waals surface area (Å²) in [6.45, 7) is 3.81. The summed E-state index contributed by atoms with van der Waals surface area (Å²) in [6.07, 6.45) is 3.81. The van der Waals surface area contributed by atoms with Crippen LogP contribution in [-0.4, -0.2) is 16.8 Å². The number of anilines is 1. The van der Waals surface area contributed by atoms with Crippen LogP contribution in [0.2, 0.25) is 0 Å². The molecule has 5 heteroatoms. The fourth-order valence-electron chi connectivity index (χ4n) is 2.88. The maximum Gasteiger partial charge on any atom is 0.252 e. The minimum Gasteiger partial charge on any atom is -0.341 e. The number of aromatic nitrogens is 1. The van der Waals surface area contributed by atoms with Crippen molar-refractivity contribution in [3.05, 3.63) is 95.3 Å². The number of aryl methyl sites for hydroxylation is 1. The van der Waals surface area contributed by atoms with Crippen molar-refractivity contribution in [1.29, 1.82) is 0 Å². The third kappa shape index (κ3) is 4.82. The molecule has 2 N–H and O–H groups in total. The first kappa shape index (κ1) is 19.3. The first-order valence-corrected chi connectivity index (χ1v) is 9.24. The van der Waals surface area contributed by atoms with E-state index in [2.05, 4.69) is 15.6 Å². The second-order valence-electron chi connectivity index (χ2n) is 6.58. The molecule has 1 unspecified atom stereocenters. The van der Waals surface area contributed by atoms with Crippen LogP contribution in [-0.2, 0) is 4.79 Å². The molecule has 0 aliphatic carbocycles. The standard InChI is InChI=1S/C23H23N3O2/c1-3-21(27)25-20-6-4-5-19(15-20)23(28)26-22(18-11-13-24-14-12-18)17-9-7-16(2)8-10-17/h4-15,22H,3H2,1-2H3,(H,25,27)(H,26,28). The predicted molar refractivity (Wildman–Crippen MR) is 110 cm³/mol. The number of rotatable bonds is 6. The Kier molecular flexibility index (Phi) is 6.17. The van der Waals surface area contributed by atoms with Crippen LogP contribution in [0.25, 0.3) is 0 Å². The molecule has 0 aliphatic heterocycles. The van der Waals surface area contributed by atoms with Gasteiger partial charge in [0.15, 0.2) is 0 Å². The lowest BCUT2D eigenvalue weighted by Gasteiger charge is -2.20. The Morgan fingerprint density at radius 1 is 0.964 bits per heavy atom. The van der Waals surface area contributed by atoms with E-state index in [4.69, 9.17) is 0 Å². The Labute approximate surface area is 164 Å². The van der Waals surface area contributed by atoms with Gasteiger partial charge in [-0.3, -0.25) is 14.6 Å². The van der Waals surface area contributed by atoms with Crippen molar-refractivity contribution in [2.24, 2.45) is 0 Å². The van der Waals surface area contributed by atoms with E-state index in [1.165, 1.54) is 0 Å². The van der Waals surface area contributed by atoms with Crippen LogP contribution < -0.4 is 10.6 Å². The number of carbonyl (C=O) groups is 2. The van der Waals surface area contributed by atoms with Gasteiger partial charge < -0.3 is 10.6 Å². The predicted octanol–water partition coefficient (Wildman–Crippen LogP) is 4.26. The molecule has 1 aromatic heterocycles. The number of nitrogens with one attached hydrogen (secondary N) is 2. The highest BCUT2D eigenvalue weighted by molar-refractivity contribution is 5.97. The van der Waals surface area contributed by atoms with Crippen LogP contribution in [0.3, 0.4) is 0 Å². The van der Waals surface area contributed by atoms with Gasteiger partial charge in [0.2, 0.25) is 5.91 Å². The molecule has 1 atom stereocenters.